The molecule has 2 aromatic rings. The Morgan fingerprint density at radius 1 is 1.25 bits per heavy atom. The van der Waals surface area contributed by atoms with Gasteiger partial charge in [-0.25, -0.2) is 8.42 Å². The molecule has 0 unspecified atom stereocenters. The third-order valence-corrected chi connectivity index (χ3v) is 5.78. The van der Waals surface area contributed by atoms with Crippen molar-refractivity contribution in [1.29, 1.82) is 0 Å². The predicted octanol–water partition coefficient (Wildman–Crippen LogP) is 2.39. The molecule has 0 saturated carbocycles. The Bertz CT molecular complexity index is 1000. The number of pyridine rings is 1. The van der Waals surface area contributed by atoms with Crippen LogP contribution in [-0.4, -0.2) is 30.6 Å². The van der Waals surface area contributed by atoms with Gasteiger partial charge >= 0.3 is 5.97 Å². The number of carboxylic acid groups (broad SMARTS) is 1. The molecule has 148 valence electrons. The molecule has 0 saturated heterocycles. The van der Waals surface area contributed by atoms with Crippen molar-refractivity contribution in [3.05, 3.63) is 65.6 Å². The Morgan fingerprint density at radius 2 is 2.04 bits per heavy atom. The Labute approximate surface area is 163 Å². The number of hydroxylamine groups is 1. The molecule has 0 fully saturated rings. The fourth-order valence-electron chi connectivity index (χ4n) is 2.89. The molecule has 1 aromatic heterocycles. The summed E-state index contributed by atoms with van der Waals surface area (Å²) in [5.74, 6) is -0.943. The average Bonchev–Trinajstić information content (AvgIpc) is 3.07. The van der Waals surface area contributed by atoms with Gasteiger partial charge in [0.25, 0.3) is 10.0 Å². The van der Waals surface area contributed by atoms with E-state index < -0.39 is 22.1 Å². The van der Waals surface area contributed by atoms with Gasteiger partial charge in [0.15, 0.2) is 0 Å². The minimum absolute atomic E-state index is 0.123. The molecule has 2 heterocycles. The highest BCUT2D eigenvalue weighted by molar-refractivity contribution is 7.92. The summed E-state index contributed by atoms with van der Waals surface area (Å²) < 4.78 is 28.1. The standard InChI is InChI=1S/C19H21N3O5S/c1-13-5-2-3-7-18(13)28(25,26)22-17-6-4-10-20-16(17)9-8-14-11-15(27-21-14)12-19(23)24/h2-7,10-11,15,21-22H,8-9,12H2,1H3,(H,23,24)/t15-/m1/s1. The molecule has 1 atom stereocenters. The molecule has 28 heavy (non-hydrogen) atoms. The van der Waals surface area contributed by atoms with Crippen LogP contribution in [0.2, 0.25) is 0 Å². The number of carboxylic acids is 1. The van der Waals surface area contributed by atoms with E-state index in [9.17, 15) is 13.2 Å². The minimum Gasteiger partial charge on any atom is -0.481 e. The van der Waals surface area contributed by atoms with Crippen LogP contribution in [0.15, 0.2) is 59.3 Å². The highest BCUT2D eigenvalue weighted by atomic mass is 32.2. The molecule has 1 aliphatic rings. The third-order valence-electron chi connectivity index (χ3n) is 4.25. The van der Waals surface area contributed by atoms with Gasteiger partial charge in [0.2, 0.25) is 0 Å². The van der Waals surface area contributed by atoms with Crippen molar-refractivity contribution in [1.82, 2.24) is 10.5 Å². The maximum atomic E-state index is 12.7. The molecular weight excluding hydrogens is 382 g/mol. The number of benzene rings is 1. The van der Waals surface area contributed by atoms with E-state index in [1.807, 2.05) is 0 Å². The average molecular weight is 403 g/mol. The lowest BCUT2D eigenvalue weighted by Crippen LogP contribution is -2.17. The lowest BCUT2D eigenvalue weighted by atomic mass is 10.1. The number of nitrogens with one attached hydrogen (secondary N) is 2. The summed E-state index contributed by atoms with van der Waals surface area (Å²) in [5, 5.41) is 8.81. The van der Waals surface area contributed by atoms with Crippen molar-refractivity contribution >= 4 is 21.7 Å². The summed E-state index contributed by atoms with van der Waals surface area (Å²) in [6.45, 7) is 1.74. The molecule has 0 aliphatic carbocycles. The number of hydrogen-bond acceptors (Lipinski definition) is 6. The monoisotopic (exact) mass is 403 g/mol. The highest BCUT2D eigenvalue weighted by Gasteiger charge is 2.21. The van der Waals surface area contributed by atoms with Gasteiger partial charge in [-0.1, -0.05) is 18.2 Å². The summed E-state index contributed by atoms with van der Waals surface area (Å²) in [4.78, 5) is 20.4. The summed E-state index contributed by atoms with van der Waals surface area (Å²) in [7, 11) is -3.74. The van der Waals surface area contributed by atoms with Crippen molar-refractivity contribution < 1.29 is 23.2 Å². The molecule has 3 N–H and O–H groups in total. The Balaban J connectivity index is 1.72. The highest BCUT2D eigenvalue weighted by Crippen LogP contribution is 2.23. The Hall–Kier alpha value is -2.91. The van der Waals surface area contributed by atoms with Crippen LogP contribution >= 0.6 is 0 Å². The van der Waals surface area contributed by atoms with E-state index in [0.29, 0.717) is 29.8 Å². The van der Waals surface area contributed by atoms with E-state index in [0.717, 1.165) is 5.70 Å². The molecule has 1 aliphatic heterocycles. The Morgan fingerprint density at radius 3 is 2.79 bits per heavy atom. The second kappa shape index (κ2) is 8.41. The molecule has 3 rings (SSSR count). The van der Waals surface area contributed by atoms with Gasteiger partial charge in [0.1, 0.15) is 6.10 Å². The largest absolute Gasteiger partial charge is 0.481 e. The van der Waals surface area contributed by atoms with Crippen LogP contribution in [0.4, 0.5) is 5.69 Å². The van der Waals surface area contributed by atoms with E-state index in [1.54, 1.807) is 55.6 Å². The quantitative estimate of drug-likeness (QED) is 0.619. The number of sulfonamides is 1. The number of aliphatic carboxylic acids is 1. The zero-order chi connectivity index (χ0) is 20.1. The van der Waals surface area contributed by atoms with Crippen LogP contribution in [0.3, 0.4) is 0 Å². The molecular formula is C19H21N3O5S. The van der Waals surface area contributed by atoms with Crippen LogP contribution in [-0.2, 0) is 26.1 Å². The topological polar surface area (TPSA) is 118 Å². The normalized spacial score (nSPS) is 16.3. The minimum atomic E-state index is -3.74. The molecule has 0 spiro atoms. The maximum Gasteiger partial charge on any atom is 0.306 e. The number of hydrogen-bond donors (Lipinski definition) is 3. The van der Waals surface area contributed by atoms with Crippen LogP contribution in [0.1, 0.15) is 24.1 Å². The number of aromatic nitrogens is 1. The molecule has 0 amide bonds. The summed E-state index contributed by atoms with van der Waals surface area (Å²) in [6.07, 6.45) is 3.63. The van der Waals surface area contributed by atoms with E-state index >= 15 is 0 Å². The second-order valence-corrected chi connectivity index (χ2v) is 8.07. The SMILES string of the molecule is Cc1ccccc1S(=O)(=O)Nc1cccnc1CCC1=C[C@H](CC(=O)O)ON1. The number of carbonyl (C=O) groups is 1. The number of rotatable bonds is 8. The van der Waals surface area contributed by atoms with Gasteiger partial charge in [-0.3, -0.25) is 24.8 Å². The van der Waals surface area contributed by atoms with E-state index in [1.165, 1.54) is 0 Å². The van der Waals surface area contributed by atoms with Crippen molar-refractivity contribution in [3.8, 4) is 0 Å². The summed E-state index contributed by atoms with van der Waals surface area (Å²) in [5.41, 5.74) is 5.11. The second-order valence-electron chi connectivity index (χ2n) is 6.42. The first-order valence-electron chi connectivity index (χ1n) is 8.71. The third kappa shape index (κ3) is 4.87. The Kier molecular flexibility index (Phi) is 5.96. The molecule has 0 bridgehead atoms. The summed E-state index contributed by atoms with van der Waals surface area (Å²) in [6, 6.07) is 10.1. The number of anilines is 1. The number of aryl methyl sites for hydroxylation is 2. The van der Waals surface area contributed by atoms with Crippen molar-refractivity contribution in [2.24, 2.45) is 0 Å². The number of nitrogens with zero attached hydrogens (tertiary/aromatic N) is 1. The van der Waals surface area contributed by atoms with Gasteiger partial charge < -0.3 is 5.11 Å². The fourth-order valence-corrected chi connectivity index (χ4v) is 4.23. The van der Waals surface area contributed by atoms with E-state index in [4.69, 9.17) is 9.94 Å². The maximum absolute atomic E-state index is 12.7. The van der Waals surface area contributed by atoms with Gasteiger partial charge in [0, 0.05) is 11.9 Å². The van der Waals surface area contributed by atoms with Crippen molar-refractivity contribution in [2.75, 3.05) is 4.72 Å². The lowest BCUT2D eigenvalue weighted by Gasteiger charge is -2.13. The van der Waals surface area contributed by atoms with Gasteiger partial charge in [-0.2, -0.15) is 0 Å². The number of allylic oxidation sites excluding steroid dienone is 1. The van der Waals surface area contributed by atoms with Crippen molar-refractivity contribution in [3.63, 3.8) is 0 Å². The first kappa shape index (κ1) is 19.8. The van der Waals surface area contributed by atoms with Gasteiger partial charge in [0.05, 0.1) is 22.7 Å². The first-order chi connectivity index (χ1) is 13.3. The van der Waals surface area contributed by atoms with Crippen LogP contribution in [0.5, 0.6) is 0 Å². The first-order valence-corrected chi connectivity index (χ1v) is 10.2. The fraction of sp³-hybridized carbons (Fsp3) is 0.263. The van der Waals surface area contributed by atoms with E-state index in [-0.39, 0.29) is 11.3 Å². The van der Waals surface area contributed by atoms with Crippen LogP contribution in [0, 0.1) is 6.92 Å². The van der Waals surface area contributed by atoms with Gasteiger partial charge in [-0.05, 0) is 49.6 Å². The zero-order valence-electron chi connectivity index (χ0n) is 15.3. The summed E-state index contributed by atoms with van der Waals surface area (Å²) >= 11 is 0. The van der Waals surface area contributed by atoms with Crippen LogP contribution < -0.4 is 10.2 Å². The molecule has 8 nitrogen and oxygen atoms in total. The van der Waals surface area contributed by atoms with Gasteiger partial charge in [-0.15, -0.1) is 0 Å². The van der Waals surface area contributed by atoms with Crippen molar-refractivity contribution in [2.45, 2.75) is 37.2 Å². The molecule has 1 aromatic carbocycles. The molecule has 0 radical (unpaired) electrons. The predicted molar refractivity (Wildman–Crippen MR) is 103 cm³/mol. The zero-order valence-corrected chi connectivity index (χ0v) is 16.1. The lowest BCUT2D eigenvalue weighted by molar-refractivity contribution is -0.139. The van der Waals surface area contributed by atoms with E-state index in [2.05, 4.69) is 15.2 Å². The smallest absolute Gasteiger partial charge is 0.306 e. The molecule has 9 heteroatoms. The van der Waals surface area contributed by atoms with Crippen LogP contribution in [0.25, 0.3) is 0 Å².